The molecule has 1 atom stereocenters. The van der Waals surface area contributed by atoms with Gasteiger partial charge in [-0.15, -0.1) is 0 Å². The summed E-state index contributed by atoms with van der Waals surface area (Å²) in [5.41, 5.74) is 4.23. The molecule has 156 valence electrons. The molecule has 4 nitrogen and oxygen atoms in total. The molecule has 3 aromatic carbocycles. The molecule has 0 aliphatic carbocycles. The molecule has 0 aromatic heterocycles. The molecule has 3 rings (SSSR count). The number of carboxylic acid groups (broad SMARTS) is 1. The van der Waals surface area contributed by atoms with E-state index in [9.17, 15) is 9.18 Å². The summed E-state index contributed by atoms with van der Waals surface area (Å²) < 4.78 is 19.4. The molecule has 0 amide bonds. The largest absolute Gasteiger partial charge is 0.481 e. The first-order valence-corrected chi connectivity index (χ1v) is 10.1. The van der Waals surface area contributed by atoms with E-state index >= 15 is 0 Å². The van der Waals surface area contributed by atoms with Crippen LogP contribution in [0.3, 0.4) is 0 Å². The lowest BCUT2D eigenvalue weighted by atomic mass is 9.97. The lowest BCUT2D eigenvalue weighted by Crippen LogP contribution is -2.08. The monoisotopic (exact) mass is 427 g/mol. The van der Waals surface area contributed by atoms with Gasteiger partial charge in [-0.05, 0) is 78.6 Å². The van der Waals surface area contributed by atoms with Crippen molar-refractivity contribution in [2.24, 2.45) is 0 Å². The molecule has 0 spiro atoms. The van der Waals surface area contributed by atoms with Crippen molar-refractivity contribution in [1.82, 2.24) is 0 Å². The fourth-order valence-corrected chi connectivity index (χ4v) is 3.35. The van der Waals surface area contributed by atoms with E-state index in [0.29, 0.717) is 18.1 Å². The summed E-state index contributed by atoms with van der Waals surface area (Å²) in [5.74, 6) is -1.16. The molecule has 0 heterocycles. The van der Waals surface area contributed by atoms with Crippen molar-refractivity contribution in [1.29, 1.82) is 0 Å². The van der Waals surface area contributed by atoms with Gasteiger partial charge in [0.1, 0.15) is 11.9 Å². The molecule has 30 heavy (non-hydrogen) atoms. The van der Waals surface area contributed by atoms with Crippen LogP contribution >= 0.6 is 11.6 Å². The van der Waals surface area contributed by atoms with Gasteiger partial charge in [-0.2, -0.15) is 0 Å². The van der Waals surface area contributed by atoms with Crippen molar-refractivity contribution in [3.63, 3.8) is 0 Å². The first kappa shape index (κ1) is 21.8. The molecule has 0 fully saturated rings. The number of carboxylic acids is 1. The van der Waals surface area contributed by atoms with E-state index in [1.54, 1.807) is 24.3 Å². The predicted octanol–water partition coefficient (Wildman–Crippen LogP) is 6.37. The highest BCUT2D eigenvalue weighted by Gasteiger charge is 2.17. The normalized spacial score (nSPS) is 11.8. The first-order chi connectivity index (χ1) is 14.4. The molecule has 0 aliphatic heterocycles. The molecular weight excluding hydrogens is 405 g/mol. The van der Waals surface area contributed by atoms with E-state index in [4.69, 9.17) is 21.4 Å². The number of ether oxygens (including phenoxy) is 1. The molecule has 0 radical (unpaired) electrons. The fourth-order valence-electron chi connectivity index (χ4n) is 3.23. The minimum atomic E-state index is -0.854. The van der Waals surface area contributed by atoms with Gasteiger partial charge in [0.15, 0.2) is 0 Å². The Morgan fingerprint density at radius 2 is 1.73 bits per heavy atom. The summed E-state index contributed by atoms with van der Waals surface area (Å²) in [6.07, 6.45) is 0.0200. The number of rotatable bonds is 9. The third kappa shape index (κ3) is 6.05. The Labute approximate surface area is 180 Å². The number of nitrogens with one attached hydrogen (secondary N) is 1. The summed E-state index contributed by atoms with van der Waals surface area (Å²) in [5, 5.41) is 13.1. The van der Waals surface area contributed by atoms with Gasteiger partial charge in [0, 0.05) is 29.4 Å². The van der Waals surface area contributed by atoms with E-state index in [1.807, 2.05) is 37.3 Å². The summed E-state index contributed by atoms with van der Waals surface area (Å²) in [6, 6.07) is 19.4. The molecule has 0 saturated heterocycles. The van der Waals surface area contributed by atoms with Gasteiger partial charge >= 0.3 is 5.97 Å². The minimum absolute atomic E-state index is 0.0275. The van der Waals surface area contributed by atoms with E-state index in [0.717, 1.165) is 28.1 Å². The number of aryl methyl sites for hydroxylation is 1. The van der Waals surface area contributed by atoms with Gasteiger partial charge in [-0.25, -0.2) is 4.39 Å². The smallest absolute Gasteiger partial charge is 0.303 e. The Balaban J connectivity index is 1.99. The molecule has 3 aromatic rings. The van der Waals surface area contributed by atoms with E-state index in [1.165, 1.54) is 12.1 Å². The van der Waals surface area contributed by atoms with Crippen LogP contribution in [0.1, 0.15) is 36.1 Å². The number of benzene rings is 3. The Morgan fingerprint density at radius 3 is 2.37 bits per heavy atom. The van der Waals surface area contributed by atoms with Crippen LogP contribution < -0.4 is 5.32 Å². The summed E-state index contributed by atoms with van der Waals surface area (Å²) in [7, 11) is 0. The van der Waals surface area contributed by atoms with Crippen LogP contribution in [0.25, 0.3) is 0 Å². The molecule has 2 N–H and O–H groups in total. The third-order valence-corrected chi connectivity index (χ3v) is 4.84. The summed E-state index contributed by atoms with van der Waals surface area (Å²) in [4.78, 5) is 11.1. The second kappa shape index (κ2) is 10.2. The molecule has 6 heteroatoms. The summed E-state index contributed by atoms with van der Waals surface area (Å²) in [6.45, 7) is 2.37. The van der Waals surface area contributed by atoms with Gasteiger partial charge in [0.05, 0.1) is 0 Å². The number of hydrogen-bond donors (Lipinski definition) is 2. The van der Waals surface area contributed by atoms with E-state index in [2.05, 4.69) is 5.32 Å². The average molecular weight is 428 g/mol. The maximum Gasteiger partial charge on any atom is 0.303 e. The highest BCUT2D eigenvalue weighted by molar-refractivity contribution is 6.30. The van der Waals surface area contributed by atoms with Crippen LogP contribution in [-0.2, 0) is 16.0 Å². The van der Waals surface area contributed by atoms with Crippen molar-refractivity contribution in [3.8, 4) is 0 Å². The predicted molar refractivity (Wildman–Crippen MR) is 117 cm³/mol. The van der Waals surface area contributed by atoms with Gasteiger partial charge in [-0.1, -0.05) is 29.8 Å². The fraction of sp³-hybridized carbons (Fsp3) is 0.208. The second-order valence-electron chi connectivity index (χ2n) is 6.88. The Hall–Kier alpha value is -2.89. The van der Waals surface area contributed by atoms with Gasteiger partial charge < -0.3 is 15.2 Å². The highest BCUT2D eigenvalue weighted by Crippen LogP contribution is 2.31. The van der Waals surface area contributed by atoms with Crippen molar-refractivity contribution in [3.05, 3.63) is 94.3 Å². The first-order valence-electron chi connectivity index (χ1n) is 9.70. The number of halogens is 2. The minimum Gasteiger partial charge on any atom is -0.481 e. The third-order valence-electron chi connectivity index (χ3n) is 4.58. The maximum absolute atomic E-state index is 13.4. The zero-order valence-electron chi connectivity index (χ0n) is 16.6. The molecule has 0 unspecified atom stereocenters. The second-order valence-corrected chi connectivity index (χ2v) is 7.31. The van der Waals surface area contributed by atoms with Crippen molar-refractivity contribution in [2.75, 3.05) is 11.9 Å². The van der Waals surface area contributed by atoms with Gasteiger partial charge in [0.25, 0.3) is 0 Å². The van der Waals surface area contributed by atoms with Crippen LogP contribution in [0, 0.1) is 5.82 Å². The zero-order chi connectivity index (χ0) is 21.5. The highest BCUT2D eigenvalue weighted by atomic mass is 35.5. The van der Waals surface area contributed by atoms with Crippen molar-refractivity contribution < 1.29 is 19.0 Å². The van der Waals surface area contributed by atoms with Crippen molar-refractivity contribution >= 4 is 28.9 Å². The number of hydrogen-bond acceptors (Lipinski definition) is 3. The molecular formula is C24H23ClFNO3. The Bertz CT molecular complexity index is 990. The Kier molecular flexibility index (Phi) is 7.44. The average Bonchev–Trinajstić information content (AvgIpc) is 2.73. The van der Waals surface area contributed by atoms with E-state index < -0.39 is 12.1 Å². The summed E-state index contributed by atoms with van der Waals surface area (Å²) >= 11 is 5.96. The SMILES string of the molecule is CCO[C@@H](c1ccc(F)cc1)c1cc(CCC(=O)O)cc(Nc2ccc(Cl)cc2)c1. The van der Waals surface area contributed by atoms with Gasteiger partial charge in [0.2, 0.25) is 0 Å². The lowest BCUT2D eigenvalue weighted by Gasteiger charge is -2.20. The van der Waals surface area contributed by atoms with E-state index in [-0.39, 0.29) is 12.2 Å². The number of anilines is 2. The Morgan fingerprint density at radius 1 is 1.03 bits per heavy atom. The molecule has 0 aliphatic rings. The molecule has 0 bridgehead atoms. The standard InChI is InChI=1S/C24H23ClFNO3/c1-2-30-24(17-4-8-20(26)9-5-17)18-13-16(3-12-23(28)29)14-22(15-18)27-21-10-6-19(25)7-11-21/h4-11,13-15,24,27H,2-3,12H2,1H3,(H,28,29)/t24-/m0/s1. The maximum atomic E-state index is 13.4. The van der Waals surface area contributed by atoms with Crippen LogP contribution in [-0.4, -0.2) is 17.7 Å². The van der Waals surface area contributed by atoms with Crippen LogP contribution in [0.4, 0.5) is 15.8 Å². The quantitative estimate of drug-likeness (QED) is 0.416. The lowest BCUT2D eigenvalue weighted by molar-refractivity contribution is -0.136. The zero-order valence-corrected chi connectivity index (χ0v) is 17.3. The topological polar surface area (TPSA) is 58.6 Å². The number of aliphatic carboxylic acids is 1. The van der Waals surface area contributed by atoms with Crippen LogP contribution in [0.15, 0.2) is 66.7 Å². The van der Waals surface area contributed by atoms with Gasteiger partial charge in [-0.3, -0.25) is 4.79 Å². The van der Waals surface area contributed by atoms with Crippen molar-refractivity contribution in [2.45, 2.75) is 25.9 Å². The van der Waals surface area contributed by atoms with Crippen LogP contribution in [0.2, 0.25) is 5.02 Å². The number of carbonyl (C=O) groups is 1. The van der Waals surface area contributed by atoms with Crippen LogP contribution in [0.5, 0.6) is 0 Å². The molecule has 0 saturated carbocycles.